The number of nitrogens with one attached hydrogen (secondary N) is 2. The quantitative estimate of drug-likeness (QED) is 0.338. The van der Waals surface area contributed by atoms with Crippen LogP contribution in [0.15, 0.2) is 78.9 Å². The molecular formula is C25H21ClN4O3S. The third kappa shape index (κ3) is 6.18. The lowest BCUT2D eigenvalue weighted by molar-refractivity contribution is 0.0938. The fourth-order valence-corrected chi connectivity index (χ4v) is 3.88. The molecule has 2 N–H and O–H groups in total. The molecule has 0 bridgehead atoms. The Labute approximate surface area is 205 Å². The number of benzene rings is 3. The smallest absolute Gasteiger partial charge is 0.286 e. The van der Waals surface area contributed by atoms with Gasteiger partial charge in [0.05, 0.1) is 6.04 Å². The number of aromatic nitrogens is 2. The zero-order valence-corrected chi connectivity index (χ0v) is 19.8. The number of rotatable bonds is 8. The first-order chi connectivity index (χ1) is 16.5. The minimum atomic E-state index is -0.412. The molecule has 0 aliphatic rings. The van der Waals surface area contributed by atoms with Gasteiger partial charge in [0.1, 0.15) is 12.4 Å². The van der Waals surface area contributed by atoms with Crippen LogP contribution < -0.4 is 15.4 Å². The Bertz CT molecular complexity index is 1280. The van der Waals surface area contributed by atoms with Gasteiger partial charge in [0, 0.05) is 16.3 Å². The molecule has 1 atom stereocenters. The van der Waals surface area contributed by atoms with Gasteiger partial charge >= 0.3 is 0 Å². The average Bonchev–Trinajstić information content (AvgIpc) is 3.34. The maximum absolute atomic E-state index is 12.7. The lowest BCUT2D eigenvalue weighted by Crippen LogP contribution is -2.26. The van der Waals surface area contributed by atoms with E-state index >= 15 is 0 Å². The van der Waals surface area contributed by atoms with Crippen molar-refractivity contribution in [1.82, 2.24) is 15.5 Å². The molecule has 9 heteroatoms. The highest BCUT2D eigenvalue weighted by Gasteiger charge is 2.16. The van der Waals surface area contributed by atoms with Gasteiger partial charge in [-0.05, 0) is 55.0 Å². The van der Waals surface area contributed by atoms with Crippen LogP contribution in [-0.4, -0.2) is 22.0 Å². The van der Waals surface area contributed by atoms with E-state index in [-0.39, 0.29) is 23.6 Å². The number of nitrogens with zero attached hydrogens (tertiary/aromatic N) is 2. The summed E-state index contributed by atoms with van der Waals surface area (Å²) in [5, 5.41) is 15.1. The topological polar surface area (TPSA) is 93.2 Å². The molecule has 2 amide bonds. The Balaban J connectivity index is 1.35. The first kappa shape index (κ1) is 23.4. The first-order valence-electron chi connectivity index (χ1n) is 10.5. The molecule has 172 valence electrons. The van der Waals surface area contributed by atoms with Gasteiger partial charge in [0.15, 0.2) is 5.01 Å². The van der Waals surface area contributed by atoms with Crippen LogP contribution >= 0.6 is 22.9 Å². The monoisotopic (exact) mass is 492 g/mol. The van der Waals surface area contributed by atoms with Crippen molar-refractivity contribution >= 4 is 40.4 Å². The molecule has 0 spiro atoms. The molecule has 0 saturated heterocycles. The molecule has 0 saturated carbocycles. The summed E-state index contributed by atoms with van der Waals surface area (Å²) in [7, 11) is 0. The number of amides is 2. The largest absolute Gasteiger partial charge is 0.486 e. The second-order valence-corrected chi connectivity index (χ2v) is 8.88. The highest BCUT2D eigenvalue weighted by atomic mass is 35.5. The van der Waals surface area contributed by atoms with E-state index in [0.29, 0.717) is 27.0 Å². The number of halogens is 1. The van der Waals surface area contributed by atoms with Crippen LogP contribution in [0, 0.1) is 0 Å². The highest BCUT2D eigenvalue weighted by molar-refractivity contribution is 7.13. The summed E-state index contributed by atoms with van der Waals surface area (Å²) in [4.78, 5) is 25.3. The van der Waals surface area contributed by atoms with Gasteiger partial charge in [0.25, 0.3) is 11.8 Å². The lowest BCUT2D eigenvalue weighted by atomic mass is 10.1. The minimum absolute atomic E-state index is 0.151. The molecule has 0 fully saturated rings. The molecule has 0 aliphatic carbocycles. The lowest BCUT2D eigenvalue weighted by Gasteiger charge is -2.14. The summed E-state index contributed by atoms with van der Waals surface area (Å²) in [6.07, 6.45) is 0. The number of hydrogen-bond acceptors (Lipinski definition) is 6. The molecule has 0 radical (unpaired) electrons. The third-order valence-electron chi connectivity index (χ3n) is 4.87. The standard InChI is InChI=1S/C25H21ClN4O3S/c1-16(17-6-3-2-4-7-17)27-23(31)18-8-5-9-20(14-18)28-24(32)25-30-29-22(34-25)15-33-21-12-10-19(26)11-13-21/h2-14,16H,15H2,1H3,(H,27,31)(H,28,32). The zero-order valence-electron chi connectivity index (χ0n) is 18.2. The molecule has 7 nitrogen and oxygen atoms in total. The van der Waals surface area contributed by atoms with Gasteiger partial charge in [0.2, 0.25) is 5.01 Å². The fraction of sp³-hybridized carbons (Fsp3) is 0.120. The highest BCUT2D eigenvalue weighted by Crippen LogP contribution is 2.20. The van der Waals surface area contributed by atoms with E-state index in [2.05, 4.69) is 20.8 Å². The molecule has 4 rings (SSSR count). The Morgan fingerprint density at radius 3 is 2.50 bits per heavy atom. The molecule has 1 heterocycles. The van der Waals surface area contributed by atoms with Crippen LogP contribution in [0.3, 0.4) is 0 Å². The molecule has 1 aromatic heterocycles. The average molecular weight is 493 g/mol. The van der Waals surface area contributed by atoms with Crippen molar-refractivity contribution in [3.63, 3.8) is 0 Å². The third-order valence-corrected chi connectivity index (χ3v) is 6.01. The maximum atomic E-state index is 12.7. The molecule has 3 aromatic carbocycles. The first-order valence-corrected chi connectivity index (χ1v) is 11.7. The van der Waals surface area contributed by atoms with Gasteiger partial charge in [-0.1, -0.05) is 59.3 Å². The second-order valence-electron chi connectivity index (χ2n) is 7.38. The van der Waals surface area contributed by atoms with Crippen molar-refractivity contribution in [3.8, 4) is 5.75 Å². The van der Waals surface area contributed by atoms with E-state index in [4.69, 9.17) is 16.3 Å². The molecular weight excluding hydrogens is 472 g/mol. The summed E-state index contributed by atoms with van der Waals surface area (Å²) in [5.74, 6) is -0.00210. The summed E-state index contributed by atoms with van der Waals surface area (Å²) >= 11 is 7.00. The predicted molar refractivity (Wildman–Crippen MR) is 132 cm³/mol. The zero-order chi connectivity index (χ0) is 23.9. The minimum Gasteiger partial charge on any atom is -0.486 e. The number of carbonyl (C=O) groups excluding carboxylic acids is 2. The van der Waals surface area contributed by atoms with Crippen molar-refractivity contribution in [2.45, 2.75) is 19.6 Å². The van der Waals surface area contributed by atoms with E-state index in [1.165, 1.54) is 0 Å². The van der Waals surface area contributed by atoms with Gasteiger partial charge in [-0.25, -0.2) is 0 Å². The summed E-state index contributed by atoms with van der Waals surface area (Å²) in [6, 6.07) is 23.2. The van der Waals surface area contributed by atoms with Crippen LogP contribution in [0.4, 0.5) is 5.69 Å². The number of carbonyl (C=O) groups is 2. The Morgan fingerprint density at radius 2 is 1.74 bits per heavy atom. The Kier molecular flexibility index (Phi) is 7.51. The predicted octanol–water partition coefficient (Wildman–Crippen LogP) is 5.51. The summed E-state index contributed by atoms with van der Waals surface area (Å²) < 4.78 is 5.64. The van der Waals surface area contributed by atoms with Gasteiger partial charge in [-0.2, -0.15) is 0 Å². The van der Waals surface area contributed by atoms with Gasteiger partial charge in [-0.3, -0.25) is 9.59 Å². The fourth-order valence-electron chi connectivity index (χ4n) is 3.11. The Morgan fingerprint density at radius 1 is 0.971 bits per heavy atom. The van der Waals surface area contributed by atoms with E-state index in [1.807, 2.05) is 37.3 Å². The van der Waals surface area contributed by atoms with Gasteiger partial charge < -0.3 is 15.4 Å². The maximum Gasteiger partial charge on any atom is 0.286 e. The SMILES string of the molecule is CC(NC(=O)c1cccc(NC(=O)c2nnc(COc3ccc(Cl)cc3)s2)c1)c1ccccc1. The van der Waals surface area contributed by atoms with Crippen LogP contribution in [0.1, 0.15) is 43.7 Å². The van der Waals surface area contributed by atoms with Crippen LogP contribution in [0.25, 0.3) is 0 Å². The van der Waals surface area contributed by atoms with E-state index in [9.17, 15) is 9.59 Å². The number of hydrogen-bond donors (Lipinski definition) is 2. The second kappa shape index (κ2) is 10.9. The van der Waals surface area contributed by atoms with E-state index in [1.54, 1.807) is 48.5 Å². The van der Waals surface area contributed by atoms with Crippen molar-refractivity contribution in [2.24, 2.45) is 0 Å². The number of anilines is 1. The van der Waals surface area contributed by atoms with E-state index < -0.39 is 5.91 Å². The molecule has 1 unspecified atom stereocenters. The molecule has 0 aliphatic heterocycles. The molecule has 34 heavy (non-hydrogen) atoms. The van der Waals surface area contributed by atoms with Crippen molar-refractivity contribution < 1.29 is 14.3 Å². The van der Waals surface area contributed by atoms with Crippen molar-refractivity contribution in [2.75, 3.05) is 5.32 Å². The van der Waals surface area contributed by atoms with Crippen LogP contribution in [0.2, 0.25) is 5.02 Å². The molecule has 4 aromatic rings. The number of ether oxygens (including phenoxy) is 1. The van der Waals surface area contributed by atoms with E-state index in [0.717, 1.165) is 16.9 Å². The van der Waals surface area contributed by atoms with Gasteiger partial charge in [-0.15, -0.1) is 10.2 Å². The van der Waals surface area contributed by atoms with Crippen molar-refractivity contribution in [3.05, 3.63) is 105 Å². The normalized spacial score (nSPS) is 11.5. The summed E-state index contributed by atoms with van der Waals surface area (Å²) in [6.45, 7) is 2.10. The van der Waals surface area contributed by atoms with Crippen molar-refractivity contribution in [1.29, 1.82) is 0 Å². The summed E-state index contributed by atoms with van der Waals surface area (Å²) in [5.41, 5.74) is 1.93. The van der Waals surface area contributed by atoms with Crippen LogP contribution in [0.5, 0.6) is 5.75 Å². The Hall–Kier alpha value is -3.75. The van der Waals surface area contributed by atoms with Crippen LogP contribution in [-0.2, 0) is 6.61 Å².